The Kier molecular flexibility index (Phi) is 6.90. The zero-order valence-corrected chi connectivity index (χ0v) is 13.3. The molecule has 2 unspecified atom stereocenters. The molecule has 102 valence electrons. The van der Waals surface area contributed by atoms with Crippen molar-refractivity contribution in [3.8, 4) is 0 Å². The maximum Gasteiger partial charge on any atom is 0.0307 e. The SMILES string of the molecule is CCC(C)CN(C)CCC(N)c1ccc(Br)cc1. The molecule has 0 heterocycles. The Hall–Kier alpha value is -0.380. The first-order valence-corrected chi connectivity index (χ1v) is 7.51. The molecule has 1 rings (SSSR count). The van der Waals surface area contributed by atoms with E-state index in [0.717, 1.165) is 29.9 Å². The van der Waals surface area contributed by atoms with Crippen LogP contribution < -0.4 is 5.73 Å². The van der Waals surface area contributed by atoms with Crippen molar-refractivity contribution in [2.24, 2.45) is 11.7 Å². The average molecular weight is 313 g/mol. The van der Waals surface area contributed by atoms with E-state index >= 15 is 0 Å². The van der Waals surface area contributed by atoms with E-state index in [1.54, 1.807) is 0 Å². The van der Waals surface area contributed by atoms with Crippen LogP contribution in [-0.4, -0.2) is 25.0 Å². The highest BCUT2D eigenvalue weighted by molar-refractivity contribution is 9.10. The fourth-order valence-corrected chi connectivity index (χ4v) is 2.25. The summed E-state index contributed by atoms with van der Waals surface area (Å²) in [5, 5.41) is 0. The van der Waals surface area contributed by atoms with Crippen LogP contribution in [0.5, 0.6) is 0 Å². The number of hydrogen-bond donors (Lipinski definition) is 1. The molecular formula is C15H25BrN2. The Labute approximate surface area is 120 Å². The first-order chi connectivity index (χ1) is 8.52. The molecule has 0 saturated carbocycles. The molecule has 2 nitrogen and oxygen atoms in total. The molecule has 0 bridgehead atoms. The number of rotatable bonds is 7. The van der Waals surface area contributed by atoms with Crippen molar-refractivity contribution < 1.29 is 0 Å². The van der Waals surface area contributed by atoms with Crippen LogP contribution >= 0.6 is 15.9 Å². The maximum absolute atomic E-state index is 6.21. The Morgan fingerprint density at radius 1 is 1.28 bits per heavy atom. The van der Waals surface area contributed by atoms with E-state index in [1.165, 1.54) is 12.0 Å². The van der Waals surface area contributed by atoms with Gasteiger partial charge in [-0.25, -0.2) is 0 Å². The molecule has 1 aromatic rings. The van der Waals surface area contributed by atoms with Gasteiger partial charge in [0, 0.05) is 17.1 Å². The van der Waals surface area contributed by atoms with E-state index in [4.69, 9.17) is 5.73 Å². The van der Waals surface area contributed by atoms with Crippen LogP contribution in [0.15, 0.2) is 28.7 Å². The summed E-state index contributed by atoms with van der Waals surface area (Å²) in [7, 11) is 2.18. The van der Waals surface area contributed by atoms with Gasteiger partial charge in [-0.2, -0.15) is 0 Å². The predicted octanol–water partition coefficient (Wildman–Crippen LogP) is 3.82. The predicted molar refractivity (Wildman–Crippen MR) is 82.6 cm³/mol. The van der Waals surface area contributed by atoms with Crippen molar-refractivity contribution in [1.82, 2.24) is 4.90 Å². The molecule has 0 radical (unpaired) electrons. The molecule has 0 aliphatic rings. The maximum atomic E-state index is 6.21. The minimum absolute atomic E-state index is 0.137. The molecule has 0 aliphatic carbocycles. The van der Waals surface area contributed by atoms with E-state index in [-0.39, 0.29) is 6.04 Å². The van der Waals surface area contributed by atoms with Gasteiger partial charge in [-0.05, 0) is 43.6 Å². The lowest BCUT2D eigenvalue weighted by molar-refractivity contribution is 0.272. The second-order valence-electron chi connectivity index (χ2n) is 5.22. The second-order valence-corrected chi connectivity index (χ2v) is 6.14. The standard InChI is InChI=1S/C15H25BrN2/c1-4-12(2)11-18(3)10-9-15(17)13-5-7-14(16)8-6-13/h5-8,12,15H,4,9-11,17H2,1-3H3. The summed E-state index contributed by atoms with van der Waals surface area (Å²) in [6.45, 7) is 6.75. The molecule has 2 N–H and O–H groups in total. The lowest BCUT2D eigenvalue weighted by Crippen LogP contribution is -2.27. The molecule has 18 heavy (non-hydrogen) atoms. The molecule has 0 fully saturated rings. The molecule has 2 atom stereocenters. The van der Waals surface area contributed by atoms with Crippen LogP contribution in [0.1, 0.15) is 38.3 Å². The monoisotopic (exact) mass is 312 g/mol. The van der Waals surface area contributed by atoms with Gasteiger partial charge >= 0.3 is 0 Å². The van der Waals surface area contributed by atoms with E-state index in [9.17, 15) is 0 Å². The topological polar surface area (TPSA) is 29.3 Å². The lowest BCUT2D eigenvalue weighted by atomic mass is 10.0. The van der Waals surface area contributed by atoms with Crippen molar-refractivity contribution in [2.75, 3.05) is 20.1 Å². The minimum atomic E-state index is 0.137. The van der Waals surface area contributed by atoms with Crippen LogP contribution in [0.2, 0.25) is 0 Å². The van der Waals surface area contributed by atoms with E-state index in [1.807, 2.05) is 0 Å². The normalized spacial score (nSPS) is 14.8. The quantitative estimate of drug-likeness (QED) is 0.829. The number of nitrogens with two attached hydrogens (primary N) is 1. The van der Waals surface area contributed by atoms with Gasteiger partial charge in [0.05, 0.1) is 0 Å². The lowest BCUT2D eigenvalue weighted by Gasteiger charge is -2.22. The fraction of sp³-hybridized carbons (Fsp3) is 0.600. The summed E-state index contributed by atoms with van der Waals surface area (Å²) in [6.07, 6.45) is 2.25. The Morgan fingerprint density at radius 2 is 1.89 bits per heavy atom. The van der Waals surface area contributed by atoms with Crippen LogP contribution in [-0.2, 0) is 0 Å². The summed E-state index contributed by atoms with van der Waals surface area (Å²) in [5.74, 6) is 0.763. The highest BCUT2D eigenvalue weighted by Gasteiger charge is 2.09. The third kappa shape index (κ3) is 5.51. The van der Waals surface area contributed by atoms with Crippen molar-refractivity contribution in [3.05, 3.63) is 34.3 Å². The molecule has 0 aliphatic heterocycles. The van der Waals surface area contributed by atoms with Gasteiger partial charge in [0.2, 0.25) is 0 Å². The highest BCUT2D eigenvalue weighted by Crippen LogP contribution is 2.18. The van der Waals surface area contributed by atoms with Gasteiger partial charge in [0.25, 0.3) is 0 Å². The average Bonchev–Trinajstić information content (AvgIpc) is 2.36. The van der Waals surface area contributed by atoms with Gasteiger partial charge in [0.1, 0.15) is 0 Å². The van der Waals surface area contributed by atoms with Gasteiger partial charge in [-0.1, -0.05) is 48.3 Å². The zero-order valence-electron chi connectivity index (χ0n) is 11.7. The number of hydrogen-bond acceptors (Lipinski definition) is 2. The van der Waals surface area contributed by atoms with Gasteiger partial charge in [-0.3, -0.25) is 0 Å². The van der Waals surface area contributed by atoms with Gasteiger partial charge in [-0.15, -0.1) is 0 Å². The third-order valence-corrected chi connectivity index (χ3v) is 3.97. The van der Waals surface area contributed by atoms with Crippen LogP contribution in [0, 0.1) is 5.92 Å². The van der Waals surface area contributed by atoms with E-state index in [0.29, 0.717) is 0 Å². The summed E-state index contributed by atoms with van der Waals surface area (Å²) in [5.41, 5.74) is 7.43. The summed E-state index contributed by atoms with van der Waals surface area (Å²) >= 11 is 3.44. The largest absolute Gasteiger partial charge is 0.324 e. The summed E-state index contributed by atoms with van der Waals surface area (Å²) in [4.78, 5) is 2.38. The van der Waals surface area contributed by atoms with Gasteiger partial charge < -0.3 is 10.6 Å². The smallest absolute Gasteiger partial charge is 0.0307 e. The fourth-order valence-electron chi connectivity index (χ4n) is 1.99. The van der Waals surface area contributed by atoms with Gasteiger partial charge in [0.15, 0.2) is 0 Å². The van der Waals surface area contributed by atoms with Crippen molar-refractivity contribution >= 4 is 15.9 Å². The highest BCUT2D eigenvalue weighted by atomic mass is 79.9. The molecule has 0 amide bonds. The van der Waals surface area contributed by atoms with E-state index in [2.05, 4.69) is 66.0 Å². The molecule has 0 saturated heterocycles. The Balaban J connectivity index is 2.36. The number of nitrogens with zero attached hydrogens (tertiary/aromatic N) is 1. The van der Waals surface area contributed by atoms with Crippen LogP contribution in [0.3, 0.4) is 0 Å². The number of benzene rings is 1. The third-order valence-electron chi connectivity index (χ3n) is 3.44. The molecule has 0 aromatic heterocycles. The first-order valence-electron chi connectivity index (χ1n) is 6.72. The second kappa shape index (κ2) is 7.93. The Morgan fingerprint density at radius 3 is 2.44 bits per heavy atom. The zero-order chi connectivity index (χ0) is 13.5. The number of halogens is 1. The Bertz CT molecular complexity index is 337. The first kappa shape index (κ1) is 15.7. The molecular weight excluding hydrogens is 288 g/mol. The van der Waals surface area contributed by atoms with Crippen LogP contribution in [0.4, 0.5) is 0 Å². The van der Waals surface area contributed by atoms with Crippen LogP contribution in [0.25, 0.3) is 0 Å². The summed E-state index contributed by atoms with van der Waals surface area (Å²) in [6, 6.07) is 8.45. The molecule has 1 aromatic carbocycles. The minimum Gasteiger partial charge on any atom is -0.324 e. The van der Waals surface area contributed by atoms with E-state index < -0.39 is 0 Å². The molecule has 3 heteroatoms. The summed E-state index contributed by atoms with van der Waals surface area (Å²) < 4.78 is 1.10. The van der Waals surface area contributed by atoms with Crippen molar-refractivity contribution in [2.45, 2.75) is 32.7 Å². The van der Waals surface area contributed by atoms with Crippen molar-refractivity contribution in [3.63, 3.8) is 0 Å². The van der Waals surface area contributed by atoms with Crippen molar-refractivity contribution in [1.29, 1.82) is 0 Å². The molecule has 0 spiro atoms.